The van der Waals surface area contributed by atoms with Crippen LogP contribution in [0.15, 0.2) is 87.8 Å². The summed E-state index contributed by atoms with van der Waals surface area (Å²) in [7, 11) is 1.29. The molecule has 0 spiro atoms. The number of esters is 1. The van der Waals surface area contributed by atoms with Crippen LogP contribution in [0, 0.1) is 10.1 Å². The van der Waals surface area contributed by atoms with Crippen molar-refractivity contribution in [3.05, 3.63) is 130 Å². The van der Waals surface area contributed by atoms with Gasteiger partial charge in [0.05, 0.1) is 40.5 Å². The van der Waals surface area contributed by atoms with E-state index in [1.165, 1.54) is 35.1 Å². The lowest BCUT2D eigenvalue weighted by molar-refractivity contribution is -0.384. The summed E-state index contributed by atoms with van der Waals surface area (Å²) in [5.41, 5.74) is 2.58. The summed E-state index contributed by atoms with van der Waals surface area (Å²) in [6.45, 7) is 4.14. The lowest BCUT2D eigenvalue weighted by atomic mass is 9.96. The second kappa shape index (κ2) is 12.6. The van der Waals surface area contributed by atoms with Crippen LogP contribution in [-0.4, -0.2) is 29.2 Å². The van der Waals surface area contributed by atoms with E-state index in [0.717, 1.165) is 5.56 Å². The molecule has 5 rings (SSSR count). The first-order valence-electron chi connectivity index (χ1n) is 13.2. The number of nitro benzene ring substituents is 1. The predicted molar refractivity (Wildman–Crippen MR) is 162 cm³/mol. The van der Waals surface area contributed by atoms with Gasteiger partial charge in [-0.25, -0.2) is 9.79 Å². The molecule has 0 saturated heterocycles. The maximum absolute atomic E-state index is 13.8. The minimum atomic E-state index is -0.739. The molecular formula is C31H26ClN3O7S. The molecule has 0 amide bonds. The first-order chi connectivity index (χ1) is 20.7. The number of aromatic nitrogens is 1. The Morgan fingerprint density at radius 1 is 1.09 bits per heavy atom. The summed E-state index contributed by atoms with van der Waals surface area (Å²) in [5, 5.41) is 11.4. The fraction of sp³-hybridized carbons (Fsp3) is 0.194. The van der Waals surface area contributed by atoms with Gasteiger partial charge in [-0.1, -0.05) is 41.1 Å². The molecule has 2 heterocycles. The van der Waals surface area contributed by atoms with Crippen LogP contribution < -0.4 is 24.4 Å². The summed E-state index contributed by atoms with van der Waals surface area (Å²) in [5.74, 6) is 0.398. The van der Waals surface area contributed by atoms with Gasteiger partial charge in [-0.05, 0) is 73.0 Å². The van der Waals surface area contributed by atoms with Crippen LogP contribution in [0.4, 0.5) is 5.69 Å². The Bertz CT molecular complexity index is 1910. The summed E-state index contributed by atoms with van der Waals surface area (Å²) in [6.07, 6.45) is 1.74. The van der Waals surface area contributed by atoms with E-state index >= 15 is 0 Å². The molecule has 0 saturated carbocycles. The number of halogens is 1. The molecular weight excluding hydrogens is 594 g/mol. The maximum atomic E-state index is 13.8. The highest BCUT2D eigenvalue weighted by molar-refractivity contribution is 7.07. The lowest BCUT2D eigenvalue weighted by Crippen LogP contribution is -2.39. The zero-order chi connectivity index (χ0) is 30.7. The smallest absolute Gasteiger partial charge is 0.338 e. The molecule has 0 radical (unpaired) electrons. The van der Waals surface area contributed by atoms with E-state index in [2.05, 4.69) is 4.99 Å². The second-order valence-electron chi connectivity index (χ2n) is 9.48. The second-order valence-corrected chi connectivity index (χ2v) is 10.9. The molecule has 220 valence electrons. The topological polar surface area (TPSA) is 122 Å². The van der Waals surface area contributed by atoms with Gasteiger partial charge in [0, 0.05) is 17.2 Å². The number of carbonyl (C=O) groups excluding carboxylic acids is 1. The Morgan fingerprint density at radius 2 is 1.81 bits per heavy atom. The Hall–Kier alpha value is -4.74. The molecule has 0 bridgehead atoms. The zero-order valence-corrected chi connectivity index (χ0v) is 25.0. The molecule has 0 fully saturated rings. The van der Waals surface area contributed by atoms with Crippen LogP contribution in [0.5, 0.6) is 11.5 Å². The van der Waals surface area contributed by atoms with Gasteiger partial charge in [-0.3, -0.25) is 19.5 Å². The lowest BCUT2D eigenvalue weighted by Gasteiger charge is -2.24. The van der Waals surface area contributed by atoms with Gasteiger partial charge < -0.3 is 14.2 Å². The first-order valence-corrected chi connectivity index (χ1v) is 14.4. The average Bonchev–Trinajstić information content (AvgIpc) is 3.30. The number of rotatable bonds is 9. The normalized spacial score (nSPS) is 14.6. The third-order valence-electron chi connectivity index (χ3n) is 6.72. The van der Waals surface area contributed by atoms with Crippen LogP contribution >= 0.6 is 22.9 Å². The zero-order valence-electron chi connectivity index (χ0n) is 23.4. The first kappa shape index (κ1) is 29.7. The van der Waals surface area contributed by atoms with Gasteiger partial charge in [0.2, 0.25) is 0 Å². The SMILES string of the molecule is CCOc1cc(/C=c2\sc3n(c2=O)[C@@H](c2ccc(Cl)cc2)C(C(=O)OC)=C(C)N=3)ccc1OCc1ccc([N+](=O)[O-])cc1. The van der Waals surface area contributed by atoms with Crippen LogP contribution in [-0.2, 0) is 16.1 Å². The van der Waals surface area contributed by atoms with Crippen molar-refractivity contribution in [2.75, 3.05) is 13.7 Å². The van der Waals surface area contributed by atoms with Crippen molar-refractivity contribution in [1.82, 2.24) is 4.57 Å². The summed E-state index contributed by atoms with van der Waals surface area (Å²) in [4.78, 5) is 42.1. The monoisotopic (exact) mass is 619 g/mol. The summed E-state index contributed by atoms with van der Waals surface area (Å²) in [6, 6.07) is 17.7. The van der Waals surface area contributed by atoms with Crippen molar-refractivity contribution < 1.29 is 23.9 Å². The molecule has 1 atom stereocenters. The summed E-state index contributed by atoms with van der Waals surface area (Å²) < 4.78 is 18.7. The highest BCUT2D eigenvalue weighted by Gasteiger charge is 2.33. The Morgan fingerprint density at radius 3 is 2.47 bits per heavy atom. The molecule has 0 N–H and O–H groups in total. The van der Waals surface area contributed by atoms with Crippen molar-refractivity contribution in [3.8, 4) is 11.5 Å². The van der Waals surface area contributed by atoms with Crippen molar-refractivity contribution in [2.24, 2.45) is 4.99 Å². The average molecular weight is 620 g/mol. The molecule has 1 aliphatic rings. The summed E-state index contributed by atoms with van der Waals surface area (Å²) >= 11 is 7.32. The molecule has 12 heteroatoms. The number of ether oxygens (including phenoxy) is 3. The fourth-order valence-electron chi connectivity index (χ4n) is 4.68. The van der Waals surface area contributed by atoms with E-state index in [-0.39, 0.29) is 23.4 Å². The third kappa shape index (κ3) is 6.23. The van der Waals surface area contributed by atoms with Gasteiger partial charge in [-0.15, -0.1) is 0 Å². The van der Waals surface area contributed by atoms with Crippen LogP contribution in [0.25, 0.3) is 6.08 Å². The van der Waals surface area contributed by atoms with Gasteiger partial charge in [-0.2, -0.15) is 0 Å². The van der Waals surface area contributed by atoms with Gasteiger partial charge in [0.1, 0.15) is 6.61 Å². The number of non-ortho nitro benzene ring substituents is 1. The number of thiazole rings is 1. The highest BCUT2D eigenvalue weighted by Crippen LogP contribution is 2.32. The minimum Gasteiger partial charge on any atom is -0.490 e. The largest absolute Gasteiger partial charge is 0.490 e. The predicted octanol–water partition coefficient (Wildman–Crippen LogP) is 4.95. The number of carbonyl (C=O) groups is 1. The third-order valence-corrected chi connectivity index (χ3v) is 7.95. The molecule has 4 aromatic rings. The van der Waals surface area contributed by atoms with E-state index in [0.29, 0.717) is 49.3 Å². The molecule has 0 unspecified atom stereocenters. The van der Waals surface area contributed by atoms with Gasteiger partial charge >= 0.3 is 5.97 Å². The van der Waals surface area contributed by atoms with Crippen molar-refractivity contribution in [3.63, 3.8) is 0 Å². The fourth-order valence-corrected chi connectivity index (χ4v) is 5.85. The van der Waals surface area contributed by atoms with E-state index in [9.17, 15) is 19.7 Å². The number of hydrogen-bond acceptors (Lipinski definition) is 9. The Labute approximate surface area is 254 Å². The number of allylic oxidation sites excluding steroid dienone is 1. The van der Waals surface area contributed by atoms with E-state index in [4.69, 9.17) is 25.8 Å². The molecule has 0 aliphatic carbocycles. The number of hydrogen-bond donors (Lipinski definition) is 0. The molecule has 10 nitrogen and oxygen atoms in total. The molecule has 1 aromatic heterocycles. The minimum absolute atomic E-state index is 0.00422. The standard InChI is InChI=1S/C31H26ClN3O7S/c1-4-41-25-15-20(7-14-24(25)42-17-19-5-12-23(13-6-19)35(38)39)16-26-29(36)34-28(21-8-10-22(32)11-9-21)27(30(37)40-3)18(2)33-31(34)43-26/h5-16,28H,4,17H2,1-3H3/b26-16-/t28-/m0/s1. The number of methoxy groups -OCH3 is 1. The number of fused-ring (bicyclic) bond motifs is 1. The van der Waals surface area contributed by atoms with Crippen molar-refractivity contribution >= 4 is 40.7 Å². The van der Waals surface area contributed by atoms with Crippen LogP contribution in [0.1, 0.15) is 36.6 Å². The molecule has 1 aliphatic heterocycles. The quantitative estimate of drug-likeness (QED) is 0.148. The van der Waals surface area contributed by atoms with Crippen LogP contribution in [0.3, 0.4) is 0 Å². The Balaban J connectivity index is 1.51. The number of nitro groups is 1. The van der Waals surface area contributed by atoms with E-state index < -0.39 is 16.9 Å². The van der Waals surface area contributed by atoms with E-state index in [1.807, 2.05) is 6.92 Å². The molecule has 3 aromatic carbocycles. The highest BCUT2D eigenvalue weighted by atomic mass is 35.5. The maximum Gasteiger partial charge on any atom is 0.338 e. The van der Waals surface area contributed by atoms with Crippen molar-refractivity contribution in [2.45, 2.75) is 26.5 Å². The van der Waals surface area contributed by atoms with Crippen molar-refractivity contribution in [1.29, 1.82) is 0 Å². The van der Waals surface area contributed by atoms with E-state index in [1.54, 1.807) is 67.6 Å². The van der Waals surface area contributed by atoms with Crippen LogP contribution in [0.2, 0.25) is 5.02 Å². The Kier molecular flexibility index (Phi) is 8.74. The van der Waals surface area contributed by atoms with Gasteiger partial charge in [0.15, 0.2) is 16.3 Å². The number of benzene rings is 3. The number of nitrogens with zero attached hydrogens (tertiary/aromatic N) is 3. The molecule has 43 heavy (non-hydrogen) atoms. The van der Waals surface area contributed by atoms with Gasteiger partial charge in [0.25, 0.3) is 11.2 Å².